The third kappa shape index (κ3) is 3.35. The summed E-state index contributed by atoms with van der Waals surface area (Å²) in [6, 6.07) is 8.10. The minimum atomic E-state index is -0.272. The second kappa shape index (κ2) is 7.42. The van der Waals surface area contributed by atoms with Crippen LogP contribution in [0.4, 0.5) is 0 Å². The first-order valence-corrected chi connectivity index (χ1v) is 9.41. The predicted molar refractivity (Wildman–Crippen MR) is 97.7 cm³/mol. The van der Waals surface area contributed by atoms with Gasteiger partial charge in [0.2, 0.25) is 5.91 Å². The predicted octanol–water partition coefficient (Wildman–Crippen LogP) is 3.99. The number of fused-ring (bicyclic) bond motifs is 1. The molecule has 1 spiro atoms. The number of carbonyl (C=O) groups is 2. The molecule has 0 aromatic heterocycles. The van der Waals surface area contributed by atoms with Gasteiger partial charge in [0.15, 0.2) is 0 Å². The minimum absolute atomic E-state index is 0.0378. The Labute approximate surface area is 149 Å². The number of carbonyl (C=O) groups excluding carboxylic acids is 2. The van der Waals surface area contributed by atoms with Gasteiger partial charge >= 0.3 is 5.97 Å². The first kappa shape index (κ1) is 17.7. The van der Waals surface area contributed by atoms with Crippen molar-refractivity contribution in [2.24, 2.45) is 5.41 Å². The van der Waals surface area contributed by atoms with Crippen molar-refractivity contribution in [2.45, 2.75) is 58.8 Å². The number of hydrogen-bond donors (Lipinski definition) is 1. The average Bonchev–Trinajstić information content (AvgIpc) is 3.03. The van der Waals surface area contributed by atoms with Crippen LogP contribution in [0.25, 0.3) is 5.70 Å². The van der Waals surface area contributed by atoms with E-state index in [1.807, 2.05) is 32.0 Å². The van der Waals surface area contributed by atoms with Crippen LogP contribution in [0.3, 0.4) is 0 Å². The zero-order chi connectivity index (χ0) is 17.9. The summed E-state index contributed by atoms with van der Waals surface area (Å²) >= 11 is 0. The topological polar surface area (TPSA) is 55.4 Å². The lowest BCUT2D eigenvalue weighted by molar-refractivity contribution is -0.139. The highest BCUT2D eigenvalue weighted by Gasteiger charge is 2.46. The molecule has 3 rings (SSSR count). The van der Waals surface area contributed by atoms with Gasteiger partial charge in [0.05, 0.1) is 17.9 Å². The van der Waals surface area contributed by atoms with Gasteiger partial charge in [0.1, 0.15) is 0 Å². The van der Waals surface area contributed by atoms with Crippen LogP contribution in [0.2, 0.25) is 0 Å². The van der Waals surface area contributed by atoms with Crippen LogP contribution in [0.15, 0.2) is 29.8 Å². The summed E-state index contributed by atoms with van der Waals surface area (Å²) in [5, 5.41) is 3.06. The lowest BCUT2D eigenvalue weighted by atomic mass is 9.68. The summed E-state index contributed by atoms with van der Waals surface area (Å²) in [6.45, 7) is 4.15. The van der Waals surface area contributed by atoms with Crippen molar-refractivity contribution in [2.75, 3.05) is 6.61 Å². The molecule has 2 aliphatic rings. The number of esters is 1. The monoisotopic (exact) mass is 341 g/mol. The van der Waals surface area contributed by atoms with Crippen LogP contribution in [0.5, 0.6) is 0 Å². The third-order valence-electron chi connectivity index (χ3n) is 5.38. The molecule has 0 unspecified atom stereocenters. The van der Waals surface area contributed by atoms with Gasteiger partial charge in [-0.05, 0) is 38.2 Å². The minimum Gasteiger partial charge on any atom is -0.463 e. The van der Waals surface area contributed by atoms with E-state index in [0.717, 1.165) is 44.1 Å². The summed E-state index contributed by atoms with van der Waals surface area (Å²) in [5.41, 5.74) is 3.35. The molecule has 1 fully saturated rings. The first-order chi connectivity index (χ1) is 12.1. The van der Waals surface area contributed by atoms with Crippen LogP contribution >= 0.6 is 0 Å². The largest absolute Gasteiger partial charge is 0.463 e. The molecular formula is C21H27NO3. The summed E-state index contributed by atoms with van der Waals surface area (Å²) < 4.78 is 5.41. The summed E-state index contributed by atoms with van der Waals surface area (Å²) in [4.78, 5) is 25.2. The second-order valence-electron chi connectivity index (χ2n) is 7.09. The van der Waals surface area contributed by atoms with Gasteiger partial charge in [0, 0.05) is 17.4 Å². The summed E-state index contributed by atoms with van der Waals surface area (Å²) in [5.74, 6) is -0.310. The molecular weight excluding hydrogens is 314 g/mol. The molecule has 4 nitrogen and oxygen atoms in total. The van der Waals surface area contributed by atoms with E-state index in [0.29, 0.717) is 24.3 Å². The Bertz CT molecular complexity index is 699. The van der Waals surface area contributed by atoms with Crippen LogP contribution in [0, 0.1) is 5.41 Å². The molecule has 25 heavy (non-hydrogen) atoms. The van der Waals surface area contributed by atoms with E-state index >= 15 is 0 Å². The molecule has 1 N–H and O–H groups in total. The number of amides is 1. The van der Waals surface area contributed by atoms with E-state index in [2.05, 4.69) is 11.4 Å². The molecule has 1 saturated carbocycles. The van der Waals surface area contributed by atoms with E-state index in [9.17, 15) is 9.59 Å². The fraction of sp³-hybridized carbons (Fsp3) is 0.524. The molecule has 0 aliphatic heterocycles. The Morgan fingerprint density at radius 1 is 1.16 bits per heavy atom. The van der Waals surface area contributed by atoms with Crippen molar-refractivity contribution in [1.82, 2.24) is 5.32 Å². The van der Waals surface area contributed by atoms with Crippen LogP contribution in [-0.4, -0.2) is 18.5 Å². The average molecular weight is 341 g/mol. The smallest absolute Gasteiger partial charge is 0.336 e. The maximum atomic E-state index is 12.9. The lowest BCUT2D eigenvalue weighted by Crippen LogP contribution is -2.37. The molecule has 0 heterocycles. The Hall–Kier alpha value is -2.10. The molecule has 2 aliphatic carbocycles. The quantitative estimate of drug-likeness (QED) is 0.824. The standard InChI is InChI=1S/C21H27NO3/c1-3-9-17(23)22-19-16-11-6-5-10-15(16)14-21(12-7-8-13-21)18(19)20(24)25-4-2/h5-6,10-11H,3-4,7-9,12-14H2,1-2H3,(H,22,23). The fourth-order valence-electron chi connectivity index (χ4n) is 4.33. The second-order valence-corrected chi connectivity index (χ2v) is 7.09. The van der Waals surface area contributed by atoms with Crippen molar-refractivity contribution < 1.29 is 14.3 Å². The molecule has 0 atom stereocenters. The highest BCUT2D eigenvalue weighted by molar-refractivity contribution is 6.03. The number of rotatable bonds is 5. The molecule has 1 aromatic carbocycles. The van der Waals surface area contributed by atoms with E-state index < -0.39 is 0 Å². The highest BCUT2D eigenvalue weighted by Crippen LogP contribution is 2.52. The van der Waals surface area contributed by atoms with Gasteiger partial charge < -0.3 is 10.1 Å². The highest BCUT2D eigenvalue weighted by atomic mass is 16.5. The molecule has 1 amide bonds. The molecule has 0 radical (unpaired) electrons. The van der Waals surface area contributed by atoms with Crippen molar-refractivity contribution in [3.63, 3.8) is 0 Å². The van der Waals surface area contributed by atoms with Crippen molar-refractivity contribution in [3.8, 4) is 0 Å². The maximum Gasteiger partial charge on any atom is 0.336 e. The van der Waals surface area contributed by atoms with Gasteiger partial charge in [0.25, 0.3) is 0 Å². The van der Waals surface area contributed by atoms with Gasteiger partial charge in [-0.25, -0.2) is 4.79 Å². The number of nitrogens with one attached hydrogen (secondary N) is 1. The lowest BCUT2D eigenvalue weighted by Gasteiger charge is -2.38. The number of hydrogen-bond acceptors (Lipinski definition) is 3. The van der Waals surface area contributed by atoms with Crippen molar-refractivity contribution >= 4 is 17.6 Å². The Kier molecular flexibility index (Phi) is 5.26. The number of benzene rings is 1. The molecule has 0 bridgehead atoms. The van der Waals surface area contributed by atoms with Crippen molar-refractivity contribution in [3.05, 3.63) is 41.0 Å². The SMILES string of the molecule is CCCC(=O)NC1=C(C(=O)OCC)C2(CCCC2)Cc2ccccc21. The number of ether oxygens (including phenoxy) is 1. The van der Waals surface area contributed by atoms with Crippen LogP contribution in [-0.2, 0) is 20.7 Å². The van der Waals surface area contributed by atoms with E-state index in [1.165, 1.54) is 5.56 Å². The molecule has 0 saturated heterocycles. The van der Waals surface area contributed by atoms with E-state index in [4.69, 9.17) is 4.74 Å². The van der Waals surface area contributed by atoms with Crippen molar-refractivity contribution in [1.29, 1.82) is 0 Å². The van der Waals surface area contributed by atoms with Crippen LogP contribution < -0.4 is 5.32 Å². The van der Waals surface area contributed by atoms with Crippen LogP contribution in [0.1, 0.15) is 63.5 Å². The Morgan fingerprint density at radius 2 is 1.88 bits per heavy atom. The third-order valence-corrected chi connectivity index (χ3v) is 5.38. The van der Waals surface area contributed by atoms with Gasteiger partial charge in [-0.2, -0.15) is 0 Å². The van der Waals surface area contributed by atoms with Gasteiger partial charge in [-0.1, -0.05) is 44.0 Å². The Balaban J connectivity index is 2.15. The van der Waals surface area contributed by atoms with Gasteiger partial charge in [-0.3, -0.25) is 4.79 Å². The zero-order valence-electron chi connectivity index (χ0n) is 15.2. The van der Waals surface area contributed by atoms with E-state index in [-0.39, 0.29) is 17.3 Å². The molecule has 1 aromatic rings. The first-order valence-electron chi connectivity index (χ1n) is 9.41. The normalized spacial score (nSPS) is 18.2. The Morgan fingerprint density at radius 3 is 2.56 bits per heavy atom. The summed E-state index contributed by atoms with van der Waals surface area (Å²) in [6.07, 6.45) is 6.26. The molecule has 134 valence electrons. The van der Waals surface area contributed by atoms with Gasteiger partial charge in [-0.15, -0.1) is 0 Å². The van der Waals surface area contributed by atoms with E-state index in [1.54, 1.807) is 0 Å². The maximum absolute atomic E-state index is 12.9. The zero-order valence-corrected chi connectivity index (χ0v) is 15.2. The molecule has 4 heteroatoms. The summed E-state index contributed by atoms with van der Waals surface area (Å²) in [7, 11) is 0. The fourth-order valence-corrected chi connectivity index (χ4v) is 4.33.